The number of anilines is 1. The first kappa shape index (κ1) is 39.3. The summed E-state index contributed by atoms with van der Waals surface area (Å²) in [5.41, 5.74) is 6.82. The number of aliphatic hydroxyl groups excluding tert-OH is 1. The molecule has 11 nitrogen and oxygen atoms in total. The zero-order chi connectivity index (χ0) is 37.8. The summed E-state index contributed by atoms with van der Waals surface area (Å²) < 4.78 is 43.9. The molecule has 1 fully saturated rings. The number of rotatable bonds is 16. The molecule has 1 aromatic heterocycles. The van der Waals surface area contributed by atoms with Crippen LogP contribution in [0.25, 0.3) is 10.2 Å². The molecule has 1 saturated carbocycles. The van der Waals surface area contributed by atoms with Gasteiger partial charge >= 0.3 is 0 Å². The third kappa shape index (κ3) is 9.72. The average Bonchev–Trinajstić information content (AvgIpc) is 3.78. The van der Waals surface area contributed by atoms with Crippen LogP contribution in [0.4, 0.5) is 9.52 Å². The fourth-order valence-corrected chi connectivity index (χ4v) is 8.78. The van der Waals surface area contributed by atoms with Crippen molar-refractivity contribution in [1.29, 1.82) is 0 Å². The lowest BCUT2D eigenvalue weighted by Crippen LogP contribution is -2.59. The molecule has 280 valence electrons. The molecule has 0 bridgehead atoms. The number of benzene rings is 3. The van der Waals surface area contributed by atoms with Crippen LogP contribution in [-0.4, -0.2) is 72.4 Å². The first-order valence-electron chi connectivity index (χ1n) is 17.5. The largest absolute Gasteiger partial charge is 0.390 e. The molecule has 0 spiro atoms. The Bertz CT molecular complexity index is 1980. The number of nitrogens with one attached hydrogen (secondary N) is 3. The third-order valence-electron chi connectivity index (χ3n) is 9.21. The number of amides is 2. The molecule has 1 aliphatic rings. The van der Waals surface area contributed by atoms with Crippen LogP contribution in [0.2, 0.25) is 0 Å². The number of nitrogen functional groups attached to an aromatic ring is 1. The van der Waals surface area contributed by atoms with Crippen molar-refractivity contribution >= 4 is 48.5 Å². The van der Waals surface area contributed by atoms with Crippen LogP contribution in [0.5, 0.6) is 0 Å². The molecule has 4 aromatic rings. The highest BCUT2D eigenvalue weighted by Gasteiger charge is 2.45. The smallest absolute Gasteiger partial charge is 0.243 e. The number of nitrogens with zero attached hydrogens (tertiary/aromatic N) is 2. The number of aliphatic hydroxyl groups is 1. The van der Waals surface area contributed by atoms with E-state index in [1.807, 2.05) is 71.0 Å². The SMILES string of the molecule is CC(C)CN(C[C@@H](O)[C@H](Cc1ccccc1)NC(=O)[C@@H](NC(=O)CNC1(c2cccc(F)c2)CC1)C(C)(C)C)S(=O)(=O)c1ccc2nc(N)sc2c1. The molecule has 5 rings (SSSR count). The minimum atomic E-state index is -4.09. The minimum absolute atomic E-state index is 0.0506. The predicted octanol–water partition coefficient (Wildman–Crippen LogP) is 4.56. The van der Waals surface area contributed by atoms with Crippen molar-refractivity contribution < 1.29 is 27.5 Å². The van der Waals surface area contributed by atoms with Crippen molar-refractivity contribution in [3.8, 4) is 0 Å². The molecule has 52 heavy (non-hydrogen) atoms. The second kappa shape index (κ2) is 16.0. The molecule has 0 saturated heterocycles. The van der Waals surface area contributed by atoms with Gasteiger partial charge in [-0.15, -0.1) is 0 Å². The molecule has 14 heteroatoms. The van der Waals surface area contributed by atoms with Gasteiger partial charge in [0.1, 0.15) is 11.9 Å². The van der Waals surface area contributed by atoms with Crippen molar-refractivity contribution in [2.24, 2.45) is 11.3 Å². The number of aromatic nitrogens is 1. The lowest BCUT2D eigenvalue weighted by Gasteiger charge is -2.34. The Balaban J connectivity index is 1.34. The first-order valence-corrected chi connectivity index (χ1v) is 19.7. The van der Waals surface area contributed by atoms with E-state index in [0.29, 0.717) is 15.3 Å². The number of thiazole rings is 1. The summed E-state index contributed by atoms with van der Waals surface area (Å²) in [5.74, 6) is -1.35. The van der Waals surface area contributed by atoms with E-state index in [0.717, 1.165) is 24.0 Å². The molecular formula is C38H49FN6O5S2. The van der Waals surface area contributed by atoms with Crippen LogP contribution in [-0.2, 0) is 31.6 Å². The molecule has 1 heterocycles. The monoisotopic (exact) mass is 752 g/mol. The van der Waals surface area contributed by atoms with Gasteiger partial charge in [0.25, 0.3) is 0 Å². The van der Waals surface area contributed by atoms with E-state index in [-0.39, 0.29) is 42.7 Å². The fraction of sp³-hybridized carbons (Fsp3) is 0.447. The van der Waals surface area contributed by atoms with E-state index in [1.54, 1.807) is 12.1 Å². The Morgan fingerprint density at radius 2 is 1.73 bits per heavy atom. The summed E-state index contributed by atoms with van der Waals surface area (Å²) >= 11 is 1.19. The van der Waals surface area contributed by atoms with Crippen molar-refractivity contribution in [2.75, 3.05) is 25.4 Å². The zero-order valence-electron chi connectivity index (χ0n) is 30.2. The molecule has 0 aliphatic heterocycles. The molecule has 3 atom stereocenters. The maximum atomic E-state index is 14.1. The van der Waals surface area contributed by atoms with Crippen LogP contribution in [0.15, 0.2) is 77.7 Å². The lowest BCUT2D eigenvalue weighted by molar-refractivity contribution is -0.132. The molecule has 0 unspecified atom stereocenters. The summed E-state index contributed by atoms with van der Waals surface area (Å²) in [6.45, 7) is 9.00. The van der Waals surface area contributed by atoms with Gasteiger partial charge in [0.05, 0.1) is 33.8 Å². The highest BCUT2D eigenvalue weighted by atomic mass is 32.2. The number of fused-ring (bicyclic) bond motifs is 1. The van der Waals surface area contributed by atoms with E-state index < -0.39 is 51.0 Å². The van der Waals surface area contributed by atoms with Gasteiger partial charge in [-0.3, -0.25) is 14.9 Å². The Kier molecular flexibility index (Phi) is 12.1. The summed E-state index contributed by atoms with van der Waals surface area (Å²) in [4.78, 5) is 31.6. The second-order valence-electron chi connectivity index (χ2n) is 15.1. The normalized spacial score (nSPS) is 16.1. The third-order valence-corrected chi connectivity index (χ3v) is 11.9. The van der Waals surface area contributed by atoms with E-state index >= 15 is 0 Å². The number of nitrogens with two attached hydrogens (primary N) is 1. The highest BCUT2D eigenvalue weighted by molar-refractivity contribution is 7.89. The van der Waals surface area contributed by atoms with Gasteiger partial charge in [0.2, 0.25) is 21.8 Å². The van der Waals surface area contributed by atoms with Crippen LogP contribution in [0.3, 0.4) is 0 Å². The maximum Gasteiger partial charge on any atom is 0.243 e. The second-order valence-corrected chi connectivity index (χ2v) is 18.1. The van der Waals surface area contributed by atoms with Gasteiger partial charge in [-0.2, -0.15) is 4.31 Å². The van der Waals surface area contributed by atoms with Crippen molar-refractivity contribution in [1.82, 2.24) is 25.2 Å². The fourth-order valence-electron chi connectivity index (χ4n) is 6.28. The van der Waals surface area contributed by atoms with Gasteiger partial charge < -0.3 is 21.5 Å². The summed E-state index contributed by atoms with van der Waals surface area (Å²) in [7, 11) is -4.09. The number of carbonyl (C=O) groups is 2. The molecule has 0 radical (unpaired) electrons. The summed E-state index contributed by atoms with van der Waals surface area (Å²) in [5, 5.41) is 21.2. The van der Waals surface area contributed by atoms with Crippen LogP contribution >= 0.6 is 11.3 Å². The van der Waals surface area contributed by atoms with Crippen molar-refractivity contribution in [3.05, 3.63) is 89.7 Å². The van der Waals surface area contributed by atoms with Crippen LogP contribution in [0.1, 0.15) is 58.6 Å². The van der Waals surface area contributed by atoms with Crippen LogP contribution < -0.4 is 21.7 Å². The summed E-state index contributed by atoms with van der Waals surface area (Å²) in [6.07, 6.45) is 0.394. The Morgan fingerprint density at radius 1 is 1.02 bits per heavy atom. The lowest BCUT2D eigenvalue weighted by atomic mass is 9.85. The quantitative estimate of drug-likeness (QED) is 0.111. The van der Waals surface area contributed by atoms with Crippen LogP contribution in [0, 0.1) is 17.2 Å². The standard InChI is InChI=1S/C38H49FN6O5S2/c1-24(2)22-45(52(49,50)28-14-15-29-32(20-28)51-36(40)43-29)23-31(46)30(18-25-10-7-6-8-11-25)42-35(48)34(37(3,4)5)44-33(47)21-41-38(16-17-38)26-12-9-13-27(39)19-26/h6-15,19-20,24,30-31,34,41,46H,16-18,21-23H2,1-5H3,(H2,40,43)(H,42,48)(H,44,47)/t30-,31+,34+/m0/s1. The number of hydrogen-bond acceptors (Lipinski definition) is 9. The Labute approximate surface area is 309 Å². The van der Waals surface area contributed by atoms with E-state index in [2.05, 4.69) is 20.9 Å². The predicted molar refractivity (Wildman–Crippen MR) is 202 cm³/mol. The molecule has 2 amide bonds. The van der Waals surface area contributed by atoms with Gasteiger partial charge in [0.15, 0.2) is 5.13 Å². The van der Waals surface area contributed by atoms with Crippen molar-refractivity contribution in [2.45, 2.75) is 82.5 Å². The van der Waals surface area contributed by atoms with Gasteiger partial charge in [-0.05, 0) is 72.1 Å². The number of carbonyl (C=O) groups excluding carboxylic acids is 2. The minimum Gasteiger partial charge on any atom is -0.390 e. The summed E-state index contributed by atoms with van der Waals surface area (Å²) in [6, 6.07) is 18.3. The van der Waals surface area contributed by atoms with Crippen molar-refractivity contribution in [3.63, 3.8) is 0 Å². The first-order chi connectivity index (χ1) is 24.5. The number of hydrogen-bond donors (Lipinski definition) is 5. The Hall–Kier alpha value is -3.95. The zero-order valence-corrected chi connectivity index (χ0v) is 31.9. The van der Waals surface area contributed by atoms with Gasteiger partial charge in [0, 0.05) is 18.6 Å². The highest BCUT2D eigenvalue weighted by Crippen LogP contribution is 2.45. The van der Waals surface area contributed by atoms with E-state index in [4.69, 9.17) is 5.73 Å². The molecule has 6 N–H and O–H groups in total. The van der Waals surface area contributed by atoms with E-state index in [1.165, 1.54) is 39.9 Å². The van der Waals surface area contributed by atoms with Gasteiger partial charge in [-0.25, -0.2) is 17.8 Å². The molecular weight excluding hydrogens is 704 g/mol. The Morgan fingerprint density at radius 3 is 2.37 bits per heavy atom. The molecule has 1 aliphatic carbocycles. The topological polar surface area (TPSA) is 167 Å². The number of halogens is 1. The van der Waals surface area contributed by atoms with E-state index in [9.17, 15) is 27.5 Å². The maximum absolute atomic E-state index is 14.1. The average molecular weight is 753 g/mol. The molecule has 3 aromatic carbocycles. The van der Waals surface area contributed by atoms with Gasteiger partial charge in [-0.1, -0.05) is 88.4 Å². The number of sulfonamides is 1.